The van der Waals surface area contributed by atoms with Gasteiger partial charge in [-0.1, -0.05) is 36.4 Å². The fraction of sp³-hybridized carbons (Fsp3) is 0.176. The Morgan fingerprint density at radius 1 is 1.14 bits per heavy atom. The number of aromatic nitrogens is 2. The third kappa shape index (κ3) is 2.52. The number of ether oxygens (including phenoxy) is 1. The third-order valence-electron chi connectivity index (χ3n) is 3.43. The standard InChI is InChI=1S/C17H16N2O2/c1-12-7-6-10-19-15(13(2)18-16(12)19)17(20)21-11-14-8-4-3-5-9-14/h3-10H,11H2,1-2H3. The van der Waals surface area contributed by atoms with E-state index < -0.39 is 0 Å². The summed E-state index contributed by atoms with van der Waals surface area (Å²) in [5.74, 6) is -0.352. The number of pyridine rings is 1. The van der Waals surface area contributed by atoms with Gasteiger partial charge >= 0.3 is 5.97 Å². The molecule has 0 fully saturated rings. The average Bonchev–Trinajstić information content (AvgIpc) is 2.84. The first-order valence-corrected chi connectivity index (χ1v) is 6.82. The Kier molecular flexibility index (Phi) is 3.44. The third-order valence-corrected chi connectivity index (χ3v) is 3.43. The first kappa shape index (κ1) is 13.4. The van der Waals surface area contributed by atoms with Gasteiger partial charge in [-0.15, -0.1) is 0 Å². The second-order valence-electron chi connectivity index (χ2n) is 4.99. The molecule has 0 saturated heterocycles. The molecule has 4 heteroatoms. The molecule has 0 radical (unpaired) electrons. The fourth-order valence-corrected chi connectivity index (χ4v) is 2.35. The summed E-state index contributed by atoms with van der Waals surface area (Å²) in [6.07, 6.45) is 1.83. The predicted octanol–water partition coefficient (Wildman–Crippen LogP) is 3.31. The maximum absolute atomic E-state index is 12.3. The van der Waals surface area contributed by atoms with Gasteiger partial charge in [-0.3, -0.25) is 4.40 Å². The number of fused-ring (bicyclic) bond motifs is 1. The highest BCUT2D eigenvalue weighted by Gasteiger charge is 2.18. The smallest absolute Gasteiger partial charge is 0.357 e. The van der Waals surface area contributed by atoms with Crippen LogP contribution >= 0.6 is 0 Å². The minimum absolute atomic E-state index is 0.262. The second kappa shape index (κ2) is 5.40. The molecular weight excluding hydrogens is 264 g/mol. The number of hydrogen-bond donors (Lipinski definition) is 0. The van der Waals surface area contributed by atoms with Gasteiger partial charge < -0.3 is 4.74 Å². The topological polar surface area (TPSA) is 43.6 Å². The Balaban J connectivity index is 1.88. The Morgan fingerprint density at radius 3 is 2.67 bits per heavy atom. The van der Waals surface area contributed by atoms with Gasteiger partial charge in [-0.25, -0.2) is 9.78 Å². The van der Waals surface area contributed by atoms with Crippen LogP contribution in [-0.4, -0.2) is 15.4 Å². The number of benzene rings is 1. The van der Waals surface area contributed by atoms with Gasteiger partial charge in [0.15, 0.2) is 5.69 Å². The van der Waals surface area contributed by atoms with Crippen LogP contribution in [-0.2, 0) is 11.3 Å². The van der Waals surface area contributed by atoms with Crippen LogP contribution in [0, 0.1) is 13.8 Å². The van der Waals surface area contributed by atoms with Crippen molar-refractivity contribution in [2.45, 2.75) is 20.5 Å². The highest BCUT2D eigenvalue weighted by Crippen LogP contribution is 2.16. The van der Waals surface area contributed by atoms with Gasteiger partial charge in [0.2, 0.25) is 0 Å². The molecule has 0 spiro atoms. The summed E-state index contributed by atoms with van der Waals surface area (Å²) in [4.78, 5) is 16.8. The van der Waals surface area contributed by atoms with E-state index in [1.165, 1.54) is 0 Å². The number of imidazole rings is 1. The van der Waals surface area contributed by atoms with E-state index in [2.05, 4.69) is 4.98 Å². The Labute approximate surface area is 123 Å². The van der Waals surface area contributed by atoms with E-state index in [1.807, 2.05) is 62.5 Å². The van der Waals surface area contributed by atoms with E-state index in [4.69, 9.17) is 4.74 Å². The molecule has 0 aliphatic carbocycles. The number of carbonyl (C=O) groups is 1. The van der Waals surface area contributed by atoms with Crippen LogP contribution in [0.5, 0.6) is 0 Å². The minimum Gasteiger partial charge on any atom is -0.456 e. The molecule has 0 bridgehead atoms. The number of hydrogen-bond acceptors (Lipinski definition) is 3. The Hall–Kier alpha value is -2.62. The van der Waals surface area contributed by atoms with Crippen LogP contribution < -0.4 is 0 Å². The molecule has 2 aromatic heterocycles. The maximum atomic E-state index is 12.3. The average molecular weight is 280 g/mol. The summed E-state index contributed by atoms with van der Waals surface area (Å²) < 4.78 is 7.19. The molecule has 4 nitrogen and oxygen atoms in total. The molecule has 106 valence electrons. The molecule has 0 amide bonds. The van der Waals surface area contributed by atoms with Crippen LogP contribution in [0.25, 0.3) is 5.65 Å². The number of aryl methyl sites for hydroxylation is 2. The fourth-order valence-electron chi connectivity index (χ4n) is 2.35. The van der Waals surface area contributed by atoms with Crippen molar-refractivity contribution >= 4 is 11.6 Å². The molecule has 0 unspecified atom stereocenters. The summed E-state index contributed by atoms with van der Waals surface area (Å²) in [6, 6.07) is 13.5. The van der Waals surface area contributed by atoms with Crippen LogP contribution in [0.15, 0.2) is 48.7 Å². The van der Waals surface area contributed by atoms with Gasteiger partial charge in [0, 0.05) is 6.20 Å². The molecule has 0 aliphatic rings. The van der Waals surface area contributed by atoms with E-state index in [-0.39, 0.29) is 12.6 Å². The lowest BCUT2D eigenvalue weighted by Crippen LogP contribution is -2.10. The van der Waals surface area contributed by atoms with Crippen molar-refractivity contribution in [1.29, 1.82) is 0 Å². The SMILES string of the molecule is Cc1nc2c(C)cccn2c1C(=O)OCc1ccccc1. The summed E-state index contributed by atoms with van der Waals surface area (Å²) >= 11 is 0. The lowest BCUT2D eigenvalue weighted by molar-refractivity contribution is 0.0463. The Bertz CT molecular complexity index is 791. The maximum Gasteiger partial charge on any atom is 0.357 e. The molecule has 3 rings (SSSR count). The monoisotopic (exact) mass is 280 g/mol. The summed E-state index contributed by atoms with van der Waals surface area (Å²) in [7, 11) is 0. The molecule has 2 heterocycles. The molecular formula is C17H16N2O2. The largest absolute Gasteiger partial charge is 0.456 e. The van der Waals surface area contributed by atoms with Gasteiger partial charge in [-0.2, -0.15) is 0 Å². The van der Waals surface area contributed by atoms with E-state index in [0.717, 1.165) is 16.8 Å². The quantitative estimate of drug-likeness (QED) is 0.691. The normalized spacial score (nSPS) is 10.8. The summed E-state index contributed by atoms with van der Waals surface area (Å²) in [5, 5.41) is 0. The zero-order valence-corrected chi connectivity index (χ0v) is 12.0. The van der Waals surface area contributed by atoms with Crippen molar-refractivity contribution in [3.8, 4) is 0 Å². The van der Waals surface area contributed by atoms with E-state index in [9.17, 15) is 4.79 Å². The summed E-state index contributed by atoms with van der Waals surface area (Å²) in [5.41, 5.74) is 3.96. The molecule has 1 aromatic carbocycles. The lowest BCUT2D eigenvalue weighted by Gasteiger charge is -2.06. The number of esters is 1. The van der Waals surface area contributed by atoms with E-state index in [0.29, 0.717) is 11.4 Å². The second-order valence-corrected chi connectivity index (χ2v) is 4.99. The molecule has 0 atom stereocenters. The van der Waals surface area contributed by atoms with Crippen LogP contribution in [0.3, 0.4) is 0 Å². The van der Waals surface area contributed by atoms with Gasteiger partial charge in [0.1, 0.15) is 12.3 Å². The van der Waals surface area contributed by atoms with Crippen molar-refractivity contribution in [3.05, 3.63) is 71.2 Å². The first-order valence-electron chi connectivity index (χ1n) is 6.82. The molecule has 21 heavy (non-hydrogen) atoms. The number of carbonyl (C=O) groups excluding carboxylic acids is 1. The molecule has 3 aromatic rings. The van der Waals surface area contributed by atoms with Crippen molar-refractivity contribution < 1.29 is 9.53 Å². The molecule has 0 N–H and O–H groups in total. The van der Waals surface area contributed by atoms with Crippen molar-refractivity contribution in [2.24, 2.45) is 0 Å². The van der Waals surface area contributed by atoms with Crippen molar-refractivity contribution in [2.75, 3.05) is 0 Å². The molecule has 0 aliphatic heterocycles. The van der Waals surface area contributed by atoms with Crippen molar-refractivity contribution in [1.82, 2.24) is 9.38 Å². The highest BCUT2D eigenvalue weighted by atomic mass is 16.5. The Morgan fingerprint density at radius 2 is 1.90 bits per heavy atom. The zero-order valence-electron chi connectivity index (χ0n) is 12.0. The first-order chi connectivity index (χ1) is 10.2. The van der Waals surface area contributed by atoms with Gasteiger partial charge in [0.25, 0.3) is 0 Å². The minimum atomic E-state index is -0.352. The van der Waals surface area contributed by atoms with E-state index in [1.54, 1.807) is 4.40 Å². The summed E-state index contributed by atoms with van der Waals surface area (Å²) in [6.45, 7) is 4.06. The number of nitrogens with zero attached hydrogens (tertiary/aromatic N) is 2. The van der Waals surface area contributed by atoms with E-state index >= 15 is 0 Å². The molecule has 0 saturated carbocycles. The highest BCUT2D eigenvalue weighted by molar-refractivity contribution is 5.90. The van der Waals surface area contributed by atoms with Gasteiger partial charge in [0.05, 0.1) is 5.69 Å². The lowest BCUT2D eigenvalue weighted by atomic mass is 10.2. The van der Waals surface area contributed by atoms with Crippen LogP contribution in [0.2, 0.25) is 0 Å². The number of rotatable bonds is 3. The van der Waals surface area contributed by atoms with Gasteiger partial charge in [-0.05, 0) is 31.0 Å². The van der Waals surface area contributed by atoms with Crippen LogP contribution in [0.4, 0.5) is 0 Å². The zero-order chi connectivity index (χ0) is 14.8. The van der Waals surface area contributed by atoms with Crippen molar-refractivity contribution in [3.63, 3.8) is 0 Å². The van der Waals surface area contributed by atoms with Crippen LogP contribution in [0.1, 0.15) is 27.3 Å². The predicted molar refractivity (Wildman–Crippen MR) is 80.2 cm³/mol.